The van der Waals surface area contributed by atoms with Gasteiger partial charge < -0.3 is 14.8 Å². The zero-order valence-electron chi connectivity index (χ0n) is 16.9. The van der Waals surface area contributed by atoms with E-state index >= 15 is 0 Å². The first-order chi connectivity index (χ1) is 14.9. The lowest BCUT2D eigenvalue weighted by molar-refractivity contribution is 0.102. The second kappa shape index (κ2) is 8.79. The van der Waals surface area contributed by atoms with E-state index in [4.69, 9.17) is 9.47 Å². The van der Waals surface area contributed by atoms with Crippen molar-refractivity contribution >= 4 is 21.6 Å². The van der Waals surface area contributed by atoms with Crippen molar-refractivity contribution in [2.75, 3.05) is 12.4 Å². The summed E-state index contributed by atoms with van der Waals surface area (Å²) >= 11 is 0. The lowest BCUT2D eigenvalue weighted by atomic mass is 10.2. The molecule has 1 fully saturated rings. The van der Waals surface area contributed by atoms with Crippen LogP contribution in [0.3, 0.4) is 0 Å². The monoisotopic (exact) mass is 438 g/mol. The van der Waals surface area contributed by atoms with Crippen molar-refractivity contribution in [1.29, 1.82) is 0 Å². The Morgan fingerprint density at radius 3 is 2.26 bits per heavy atom. The Labute approximate surface area is 181 Å². The highest BCUT2D eigenvalue weighted by Crippen LogP contribution is 2.30. The summed E-state index contributed by atoms with van der Waals surface area (Å²) in [7, 11) is -2.20. The van der Waals surface area contributed by atoms with Crippen LogP contribution >= 0.6 is 0 Å². The fourth-order valence-corrected chi connectivity index (χ4v) is 4.26. The van der Waals surface area contributed by atoms with E-state index < -0.39 is 15.9 Å². The maximum absolute atomic E-state index is 12.7. The van der Waals surface area contributed by atoms with E-state index in [0.717, 1.165) is 12.8 Å². The number of para-hydroxylation sites is 1. The molecule has 0 aromatic heterocycles. The molecule has 7 nitrogen and oxygen atoms in total. The Balaban J connectivity index is 1.50. The summed E-state index contributed by atoms with van der Waals surface area (Å²) in [5.41, 5.74) is 0.669. The van der Waals surface area contributed by atoms with Gasteiger partial charge in [-0.2, -0.15) is 0 Å². The number of ether oxygens (including phenoxy) is 2. The van der Waals surface area contributed by atoms with Crippen molar-refractivity contribution in [2.24, 2.45) is 0 Å². The fourth-order valence-electron chi connectivity index (χ4n) is 2.93. The van der Waals surface area contributed by atoms with Crippen molar-refractivity contribution in [3.05, 3.63) is 78.4 Å². The summed E-state index contributed by atoms with van der Waals surface area (Å²) in [5.74, 6) is 1.26. The Bertz CT molecular complexity index is 1170. The van der Waals surface area contributed by atoms with E-state index in [1.165, 1.54) is 25.3 Å². The first-order valence-corrected chi connectivity index (χ1v) is 11.3. The van der Waals surface area contributed by atoms with Gasteiger partial charge in [0.25, 0.3) is 5.91 Å². The molecule has 0 unspecified atom stereocenters. The maximum Gasteiger partial charge on any atom is 0.255 e. The number of amides is 1. The SMILES string of the molecule is COc1ccc(S(=O)(=O)NC2CC2)cc1NC(=O)c1ccc(Oc2ccccc2)cc1. The molecule has 1 aliphatic carbocycles. The predicted octanol–water partition coefficient (Wildman–Crippen LogP) is 4.18. The third-order valence-corrected chi connectivity index (χ3v) is 6.24. The van der Waals surface area contributed by atoms with Gasteiger partial charge in [-0.3, -0.25) is 4.79 Å². The van der Waals surface area contributed by atoms with Gasteiger partial charge in [0.2, 0.25) is 10.0 Å². The summed E-state index contributed by atoms with van der Waals surface area (Å²) in [6.45, 7) is 0. The molecule has 3 aromatic carbocycles. The van der Waals surface area contributed by atoms with E-state index in [-0.39, 0.29) is 16.6 Å². The van der Waals surface area contributed by atoms with Gasteiger partial charge in [0, 0.05) is 11.6 Å². The molecule has 0 spiro atoms. The van der Waals surface area contributed by atoms with Crippen molar-refractivity contribution in [3.63, 3.8) is 0 Å². The summed E-state index contributed by atoms with van der Waals surface area (Å²) in [6, 6.07) is 20.3. The smallest absolute Gasteiger partial charge is 0.255 e. The molecule has 0 heterocycles. The minimum atomic E-state index is -3.65. The quantitative estimate of drug-likeness (QED) is 0.550. The molecule has 0 radical (unpaired) electrons. The average Bonchev–Trinajstić information content (AvgIpc) is 3.58. The number of hydrogen-bond donors (Lipinski definition) is 2. The first kappa shape index (κ1) is 20.9. The third-order valence-electron chi connectivity index (χ3n) is 4.72. The van der Waals surface area contributed by atoms with Crippen LogP contribution in [0.15, 0.2) is 77.7 Å². The largest absolute Gasteiger partial charge is 0.495 e. The van der Waals surface area contributed by atoms with Crippen LogP contribution in [0, 0.1) is 0 Å². The lowest BCUT2D eigenvalue weighted by Gasteiger charge is -2.13. The Morgan fingerprint density at radius 1 is 0.935 bits per heavy atom. The van der Waals surface area contributed by atoms with Crippen LogP contribution in [0.2, 0.25) is 0 Å². The molecular formula is C23H22N2O5S. The second-order valence-corrected chi connectivity index (χ2v) is 8.87. The molecule has 31 heavy (non-hydrogen) atoms. The van der Waals surface area contributed by atoms with E-state index in [1.54, 1.807) is 24.3 Å². The molecular weight excluding hydrogens is 416 g/mol. The average molecular weight is 439 g/mol. The van der Waals surface area contributed by atoms with E-state index in [2.05, 4.69) is 10.0 Å². The fraction of sp³-hybridized carbons (Fsp3) is 0.174. The van der Waals surface area contributed by atoms with E-state index in [1.807, 2.05) is 30.3 Å². The minimum absolute atomic E-state index is 0.0123. The first-order valence-electron chi connectivity index (χ1n) is 9.79. The summed E-state index contributed by atoms with van der Waals surface area (Å²) in [6.07, 6.45) is 1.67. The summed E-state index contributed by atoms with van der Waals surface area (Å²) < 4.78 is 38.6. The van der Waals surface area contributed by atoms with Gasteiger partial charge in [-0.25, -0.2) is 13.1 Å². The van der Waals surface area contributed by atoms with Gasteiger partial charge in [-0.1, -0.05) is 18.2 Å². The van der Waals surface area contributed by atoms with E-state index in [0.29, 0.717) is 22.8 Å². The molecule has 1 saturated carbocycles. The second-order valence-electron chi connectivity index (χ2n) is 7.15. The van der Waals surface area contributed by atoms with Gasteiger partial charge in [-0.05, 0) is 67.4 Å². The number of sulfonamides is 1. The molecule has 1 amide bonds. The lowest BCUT2D eigenvalue weighted by Crippen LogP contribution is -2.25. The number of anilines is 1. The maximum atomic E-state index is 12.7. The van der Waals surface area contributed by atoms with Crippen molar-refractivity contribution in [3.8, 4) is 17.2 Å². The molecule has 160 valence electrons. The Kier molecular flexibility index (Phi) is 5.92. The zero-order valence-corrected chi connectivity index (χ0v) is 17.7. The van der Waals surface area contributed by atoms with Crippen molar-refractivity contribution < 1.29 is 22.7 Å². The number of methoxy groups -OCH3 is 1. The van der Waals surface area contributed by atoms with Gasteiger partial charge >= 0.3 is 0 Å². The molecule has 2 N–H and O–H groups in total. The number of nitrogens with one attached hydrogen (secondary N) is 2. The highest BCUT2D eigenvalue weighted by molar-refractivity contribution is 7.89. The van der Waals surface area contributed by atoms with Crippen LogP contribution in [0.4, 0.5) is 5.69 Å². The number of benzene rings is 3. The zero-order chi connectivity index (χ0) is 21.8. The standard InChI is InChI=1S/C23H22N2O5S/c1-29-22-14-13-20(31(27,28)25-17-9-10-17)15-21(22)24-23(26)16-7-11-19(12-8-16)30-18-5-3-2-4-6-18/h2-8,11-15,17,25H,9-10H2,1H3,(H,24,26). The highest BCUT2D eigenvalue weighted by atomic mass is 32.2. The normalized spacial score (nSPS) is 13.5. The Morgan fingerprint density at radius 2 is 1.61 bits per heavy atom. The molecule has 0 bridgehead atoms. The van der Waals surface area contributed by atoms with Crippen molar-refractivity contribution in [2.45, 2.75) is 23.8 Å². The highest BCUT2D eigenvalue weighted by Gasteiger charge is 2.28. The Hall–Kier alpha value is -3.36. The van der Waals surface area contributed by atoms with Crippen LogP contribution in [0.1, 0.15) is 23.2 Å². The van der Waals surface area contributed by atoms with Crippen LogP contribution < -0.4 is 19.5 Å². The van der Waals surface area contributed by atoms with Gasteiger partial charge in [0.1, 0.15) is 17.2 Å². The molecule has 4 rings (SSSR count). The van der Waals surface area contributed by atoms with Gasteiger partial charge in [0.05, 0.1) is 17.7 Å². The third kappa shape index (κ3) is 5.22. The number of carbonyl (C=O) groups is 1. The van der Waals surface area contributed by atoms with Crippen LogP contribution in [-0.4, -0.2) is 27.5 Å². The summed E-state index contributed by atoms with van der Waals surface area (Å²) in [4.78, 5) is 12.8. The van der Waals surface area contributed by atoms with Crippen LogP contribution in [0.25, 0.3) is 0 Å². The number of hydrogen-bond acceptors (Lipinski definition) is 5. The molecule has 0 saturated heterocycles. The van der Waals surface area contributed by atoms with Crippen LogP contribution in [-0.2, 0) is 10.0 Å². The van der Waals surface area contributed by atoms with E-state index in [9.17, 15) is 13.2 Å². The predicted molar refractivity (Wildman–Crippen MR) is 117 cm³/mol. The minimum Gasteiger partial charge on any atom is -0.495 e. The number of rotatable bonds is 8. The molecule has 8 heteroatoms. The molecule has 0 atom stereocenters. The van der Waals surface area contributed by atoms with Crippen molar-refractivity contribution in [1.82, 2.24) is 4.72 Å². The molecule has 1 aliphatic rings. The van der Waals surface area contributed by atoms with Crippen LogP contribution in [0.5, 0.6) is 17.2 Å². The van der Waals surface area contributed by atoms with Gasteiger partial charge in [0.15, 0.2) is 0 Å². The van der Waals surface area contributed by atoms with Gasteiger partial charge in [-0.15, -0.1) is 0 Å². The summed E-state index contributed by atoms with van der Waals surface area (Å²) in [5, 5.41) is 2.73. The topological polar surface area (TPSA) is 93.7 Å². The molecule has 0 aliphatic heterocycles. The molecule has 3 aromatic rings. The number of carbonyl (C=O) groups excluding carboxylic acids is 1.